The van der Waals surface area contributed by atoms with Crippen LogP contribution in [-0.4, -0.2) is 69.5 Å². The summed E-state index contributed by atoms with van der Waals surface area (Å²) in [6.07, 6.45) is 2.51. The van der Waals surface area contributed by atoms with E-state index in [1.165, 1.54) is 12.2 Å². The van der Waals surface area contributed by atoms with E-state index in [1.807, 2.05) is 18.2 Å². The fourth-order valence-electron chi connectivity index (χ4n) is 2.17. The van der Waals surface area contributed by atoms with Crippen molar-refractivity contribution in [3.8, 4) is 5.75 Å². The van der Waals surface area contributed by atoms with Crippen molar-refractivity contribution in [2.75, 3.05) is 58.5 Å². The SMILES string of the molecule is Nc1ccccc1OCCOCCOCCOCCN1C(=O)C=CC1=O. The molecule has 0 fully saturated rings. The number of rotatable bonds is 13. The maximum atomic E-state index is 11.3. The standard InChI is InChI=1S/C18H24N2O6/c19-15-3-1-2-4-16(15)26-14-13-25-12-11-24-10-9-23-8-7-20-17(21)5-6-18(20)22/h1-6H,7-14,19H2. The summed E-state index contributed by atoms with van der Waals surface area (Å²) in [6, 6.07) is 7.30. The number of ether oxygens (including phenoxy) is 4. The van der Waals surface area contributed by atoms with Gasteiger partial charge in [0.1, 0.15) is 12.4 Å². The summed E-state index contributed by atoms with van der Waals surface area (Å²) >= 11 is 0. The van der Waals surface area contributed by atoms with Gasteiger partial charge in [-0.05, 0) is 12.1 Å². The number of carbonyl (C=O) groups is 2. The van der Waals surface area contributed by atoms with Gasteiger partial charge in [-0.2, -0.15) is 0 Å². The molecule has 1 aromatic carbocycles. The molecule has 0 aromatic heterocycles. The average molecular weight is 364 g/mol. The summed E-state index contributed by atoms with van der Waals surface area (Å²) in [7, 11) is 0. The minimum absolute atomic E-state index is 0.250. The van der Waals surface area contributed by atoms with Gasteiger partial charge < -0.3 is 24.7 Å². The summed E-state index contributed by atoms with van der Waals surface area (Å²) in [5.74, 6) is 0.0504. The molecule has 2 rings (SSSR count). The van der Waals surface area contributed by atoms with Crippen molar-refractivity contribution in [3.63, 3.8) is 0 Å². The van der Waals surface area contributed by atoms with E-state index in [-0.39, 0.29) is 18.4 Å². The van der Waals surface area contributed by atoms with Crippen LogP contribution in [0.4, 0.5) is 5.69 Å². The predicted octanol–water partition coefficient (Wildman–Crippen LogP) is 0.622. The van der Waals surface area contributed by atoms with Crippen molar-refractivity contribution in [1.82, 2.24) is 4.90 Å². The number of nitrogens with two attached hydrogens (primary N) is 1. The van der Waals surface area contributed by atoms with E-state index in [4.69, 9.17) is 24.7 Å². The number of anilines is 1. The molecule has 26 heavy (non-hydrogen) atoms. The zero-order chi connectivity index (χ0) is 18.6. The second-order valence-corrected chi connectivity index (χ2v) is 5.38. The van der Waals surface area contributed by atoms with E-state index in [0.717, 1.165) is 4.90 Å². The van der Waals surface area contributed by atoms with Crippen LogP contribution >= 0.6 is 0 Å². The number of nitrogens with zero attached hydrogens (tertiary/aromatic N) is 1. The second-order valence-electron chi connectivity index (χ2n) is 5.38. The number of amides is 2. The molecule has 0 atom stereocenters. The number of benzene rings is 1. The topological polar surface area (TPSA) is 100 Å². The Hall–Kier alpha value is -2.42. The predicted molar refractivity (Wildman–Crippen MR) is 94.7 cm³/mol. The molecule has 0 saturated carbocycles. The molecule has 0 spiro atoms. The highest BCUT2D eigenvalue weighted by molar-refractivity contribution is 6.12. The fourth-order valence-corrected chi connectivity index (χ4v) is 2.17. The van der Waals surface area contributed by atoms with Crippen LogP contribution in [0.3, 0.4) is 0 Å². The van der Waals surface area contributed by atoms with E-state index in [1.54, 1.807) is 6.07 Å². The Morgan fingerprint density at radius 3 is 1.92 bits per heavy atom. The molecule has 0 radical (unpaired) electrons. The quantitative estimate of drug-likeness (QED) is 0.311. The smallest absolute Gasteiger partial charge is 0.253 e. The number of hydrogen-bond donors (Lipinski definition) is 1. The molecule has 1 aliphatic heterocycles. The van der Waals surface area contributed by atoms with Crippen molar-refractivity contribution in [1.29, 1.82) is 0 Å². The fraction of sp³-hybridized carbons (Fsp3) is 0.444. The van der Waals surface area contributed by atoms with Crippen molar-refractivity contribution < 1.29 is 28.5 Å². The van der Waals surface area contributed by atoms with E-state index in [2.05, 4.69) is 0 Å². The molecule has 2 N–H and O–H groups in total. The van der Waals surface area contributed by atoms with Crippen LogP contribution in [0.5, 0.6) is 5.75 Å². The Morgan fingerprint density at radius 2 is 1.31 bits per heavy atom. The van der Waals surface area contributed by atoms with Crippen molar-refractivity contribution >= 4 is 17.5 Å². The summed E-state index contributed by atoms with van der Waals surface area (Å²) in [6.45, 7) is 3.11. The number of carbonyl (C=O) groups excluding carboxylic acids is 2. The molecule has 0 saturated heterocycles. The Kier molecular flexibility index (Phi) is 8.61. The maximum Gasteiger partial charge on any atom is 0.253 e. The lowest BCUT2D eigenvalue weighted by Gasteiger charge is -2.13. The number of para-hydroxylation sites is 2. The summed E-state index contributed by atoms with van der Waals surface area (Å²) in [4.78, 5) is 23.7. The van der Waals surface area contributed by atoms with Gasteiger partial charge in [-0.15, -0.1) is 0 Å². The first-order valence-corrected chi connectivity index (χ1v) is 8.42. The third kappa shape index (κ3) is 6.83. The van der Waals surface area contributed by atoms with Crippen LogP contribution in [0.25, 0.3) is 0 Å². The lowest BCUT2D eigenvalue weighted by molar-refractivity contribution is -0.137. The van der Waals surface area contributed by atoms with Crippen molar-refractivity contribution in [2.24, 2.45) is 0 Å². The Bertz CT molecular complexity index is 601. The van der Waals surface area contributed by atoms with Crippen LogP contribution in [0.15, 0.2) is 36.4 Å². The largest absolute Gasteiger partial charge is 0.489 e. The molecule has 142 valence electrons. The molecule has 8 heteroatoms. The van der Waals surface area contributed by atoms with Gasteiger partial charge in [-0.25, -0.2) is 0 Å². The number of hydrogen-bond acceptors (Lipinski definition) is 7. The van der Waals surface area contributed by atoms with E-state index in [0.29, 0.717) is 57.7 Å². The Balaban J connectivity index is 1.36. The van der Waals surface area contributed by atoms with E-state index >= 15 is 0 Å². The Morgan fingerprint density at radius 1 is 0.769 bits per heavy atom. The third-order valence-corrected chi connectivity index (χ3v) is 3.51. The summed E-state index contributed by atoms with van der Waals surface area (Å²) < 4.78 is 21.6. The molecule has 1 aromatic rings. The van der Waals surface area contributed by atoms with Crippen LogP contribution in [0.1, 0.15) is 0 Å². The molecule has 8 nitrogen and oxygen atoms in total. The van der Waals surface area contributed by atoms with Gasteiger partial charge in [-0.3, -0.25) is 14.5 Å². The van der Waals surface area contributed by atoms with Crippen LogP contribution in [0, 0.1) is 0 Å². The Labute approximate surface area is 152 Å². The average Bonchev–Trinajstić information content (AvgIpc) is 2.95. The normalized spacial score (nSPS) is 13.6. The van der Waals surface area contributed by atoms with Gasteiger partial charge in [0.2, 0.25) is 0 Å². The molecular weight excluding hydrogens is 340 g/mol. The van der Waals surface area contributed by atoms with Gasteiger partial charge >= 0.3 is 0 Å². The highest BCUT2D eigenvalue weighted by atomic mass is 16.6. The summed E-state index contributed by atoms with van der Waals surface area (Å²) in [5.41, 5.74) is 6.37. The van der Waals surface area contributed by atoms with Crippen molar-refractivity contribution in [3.05, 3.63) is 36.4 Å². The van der Waals surface area contributed by atoms with Crippen LogP contribution in [-0.2, 0) is 23.8 Å². The second kappa shape index (κ2) is 11.2. The van der Waals surface area contributed by atoms with Crippen LogP contribution in [0.2, 0.25) is 0 Å². The molecule has 1 heterocycles. The van der Waals surface area contributed by atoms with Gasteiger partial charge in [0.15, 0.2) is 0 Å². The third-order valence-electron chi connectivity index (χ3n) is 3.51. The minimum Gasteiger partial charge on any atom is -0.489 e. The van der Waals surface area contributed by atoms with E-state index in [9.17, 15) is 9.59 Å². The molecule has 2 amide bonds. The van der Waals surface area contributed by atoms with Gasteiger partial charge in [0, 0.05) is 12.2 Å². The first-order valence-electron chi connectivity index (χ1n) is 8.42. The summed E-state index contributed by atoms with van der Waals surface area (Å²) in [5, 5.41) is 0. The lowest BCUT2D eigenvalue weighted by Crippen LogP contribution is -2.33. The first kappa shape index (κ1) is 19.9. The monoisotopic (exact) mass is 364 g/mol. The zero-order valence-electron chi connectivity index (χ0n) is 14.6. The lowest BCUT2D eigenvalue weighted by atomic mass is 10.3. The van der Waals surface area contributed by atoms with Crippen LogP contribution < -0.4 is 10.5 Å². The van der Waals surface area contributed by atoms with E-state index < -0.39 is 0 Å². The highest BCUT2D eigenvalue weighted by Gasteiger charge is 2.22. The van der Waals surface area contributed by atoms with Gasteiger partial charge in [0.25, 0.3) is 11.8 Å². The molecule has 0 unspecified atom stereocenters. The molecule has 0 aliphatic carbocycles. The number of imide groups is 1. The van der Waals surface area contributed by atoms with Gasteiger partial charge in [-0.1, -0.05) is 12.1 Å². The first-order chi connectivity index (χ1) is 12.7. The highest BCUT2D eigenvalue weighted by Crippen LogP contribution is 2.19. The number of nitrogen functional groups attached to an aromatic ring is 1. The maximum absolute atomic E-state index is 11.3. The molecular formula is C18H24N2O6. The van der Waals surface area contributed by atoms with Gasteiger partial charge in [0.05, 0.1) is 51.9 Å². The minimum atomic E-state index is -0.300. The zero-order valence-corrected chi connectivity index (χ0v) is 14.6. The molecule has 1 aliphatic rings. The molecule has 0 bridgehead atoms. The van der Waals surface area contributed by atoms with Crippen molar-refractivity contribution in [2.45, 2.75) is 0 Å².